The second-order valence-electron chi connectivity index (χ2n) is 4.02. The summed E-state index contributed by atoms with van der Waals surface area (Å²) in [5.41, 5.74) is 7.21. The molecular formula is C13H20N2O3. The van der Waals surface area contributed by atoms with Crippen LogP contribution in [-0.2, 0) is 20.9 Å². The summed E-state index contributed by atoms with van der Waals surface area (Å²) in [6.45, 7) is 3.26. The largest absolute Gasteiger partial charge is 0.382 e. The first-order valence-corrected chi connectivity index (χ1v) is 5.85. The Hall–Kier alpha value is -1.43. The van der Waals surface area contributed by atoms with Gasteiger partial charge >= 0.3 is 0 Å². The molecule has 0 aliphatic carbocycles. The Morgan fingerprint density at radius 2 is 2.22 bits per heavy atom. The average Bonchev–Trinajstić information content (AvgIpc) is 2.35. The summed E-state index contributed by atoms with van der Waals surface area (Å²) >= 11 is 0. The number of ether oxygens (including phenoxy) is 2. The Kier molecular flexibility index (Phi) is 6.35. The van der Waals surface area contributed by atoms with Gasteiger partial charge in [-0.1, -0.05) is 12.1 Å². The maximum absolute atomic E-state index is 11.4. The minimum atomic E-state index is -0.522. The summed E-state index contributed by atoms with van der Waals surface area (Å²) in [4.78, 5) is 11.4. The van der Waals surface area contributed by atoms with Crippen LogP contribution in [-0.4, -0.2) is 32.3 Å². The second kappa shape index (κ2) is 7.81. The van der Waals surface area contributed by atoms with Crippen molar-refractivity contribution in [1.82, 2.24) is 0 Å². The van der Waals surface area contributed by atoms with Crippen LogP contribution in [0.2, 0.25) is 0 Å². The first-order chi connectivity index (χ1) is 8.63. The van der Waals surface area contributed by atoms with E-state index in [0.29, 0.717) is 19.8 Å². The van der Waals surface area contributed by atoms with Crippen LogP contribution in [0.4, 0.5) is 5.69 Å². The van der Waals surface area contributed by atoms with Gasteiger partial charge in [-0.2, -0.15) is 0 Å². The summed E-state index contributed by atoms with van der Waals surface area (Å²) in [5, 5.41) is 2.74. The minimum Gasteiger partial charge on any atom is -0.382 e. The SMILES string of the molecule is COCCOCc1cccc(NC(=O)C(C)N)c1. The standard InChI is InChI=1S/C13H20N2O3/c1-10(14)13(16)15-12-5-3-4-11(8-12)9-18-7-6-17-2/h3-5,8,10H,6-7,9,14H2,1-2H3,(H,15,16). The van der Waals surface area contributed by atoms with Gasteiger partial charge in [0.2, 0.25) is 5.91 Å². The van der Waals surface area contributed by atoms with Crippen LogP contribution in [0.15, 0.2) is 24.3 Å². The number of hydrogen-bond acceptors (Lipinski definition) is 4. The van der Waals surface area contributed by atoms with Crippen molar-refractivity contribution >= 4 is 11.6 Å². The summed E-state index contributed by atoms with van der Waals surface area (Å²) in [7, 11) is 1.63. The molecule has 0 spiro atoms. The number of anilines is 1. The fourth-order valence-electron chi connectivity index (χ4n) is 1.33. The van der Waals surface area contributed by atoms with E-state index >= 15 is 0 Å². The highest BCUT2D eigenvalue weighted by atomic mass is 16.5. The average molecular weight is 252 g/mol. The third kappa shape index (κ3) is 5.27. The Bertz CT molecular complexity index is 380. The molecule has 0 aliphatic rings. The number of carbonyl (C=O) groups is 1. The zero-order valence-electron chi connectivity index (χ0n) is 10.8. The molecule has 1 aromatic rings. The molecule has 0 aromatic heterocycles. The molecule has 100 valence electrons. The van der Waals surface area contributed by atoms with Crippen LogP contribution in [0.3, 0.4) is 0 Å². The predicted molar refractivity (Wildman–Crippen MR) is 70.3 cm³/mol. The van der Waals surface area contributed by atoms with E-state index in [4.69, 9.17) is 15.2 Å². The zero-order valence-corrected chi connectivity index (χ0v) is 10.8. The molecule has 0 bridgehead atoms. The number of hydrogen-bond donors (Lipinski definition) is 2. The lowest BCUT2D eigenvalue weighted by Gasteiger charge is -2.09. The summed E-state index contributed by atoms with van der Waals surface area (Å²) in [5.74, 6) is -0.201. The number of nitrogens with two attached hydrogens (primary N) is 1. The lowest BCUT2D eigenvalue weighted by Crippen LogP contribution is -2.32. The maximum Gasteiger partial charge on any atom is 0.240 e. The molecule has 0 heterocycles. The van der Waals surface area contributed by atoms with Crippen molar-refractivity contribution in [2.45, 2.75) is 19.6 Å². The van der Waals surface area contributed by atoms with Gasteiger partial charge in [0, 0.05) is 12.8 Å². The van der Waals surface area contributed by atoms with Crippen molar-refractivity contribution in [1.29, 1.82) is 0 Å². The molecule has 18 heavy (non-hydrogen) atoms. The van der Waals surface area contributed by atoms with Gasteiger partial charge < -0.3 is 20.5 Å². The van der Waals surface area contributed by atoms with Gasteiger partial charge in [-0.15, -0.1) is 0 Å². The van der Waals surface area contributed by atoms with E-state index in [-0.39, 0.29) is 5.91 Å². The molecule has 0 aliphatic heterocycles. The van der Waals surface area contributed by atoms with Crippen molar-refractivity contribution in [2.75, 3.05) is 25.6 Å². The molecular weight excluding hydrogens is 232 g/mol. The van der Waals surface area contributed by atoms with E-state index in [2.05, 4.69) is 5.32 Å². The van der Waals surface area contributed by atoms with Gasteiger partial charge in [0.25, 0.3) is 0 Å². The smallest absolute Gasteiger partial charge is 0.240 e. The van der Waals surface area contributed by atoms with E-state index in [9.17, 15) is 4.79 Å². The molecule has 5 heteroatoms. The lowest BCUT2D eigenvalue weighted by molar-refractivity contribution is -0.117. The van der Waals surface area contributed by atoms with Crippen LogP contribution in [0.5, 0.6) is 0 Å². The molecule has 3 N–H and O–H groups in total. The highest BCUT2D eigenvalue weighted by Gasteiger charge is 2.07. The van der Waals surface area contributed by atoms with E-state index in [1.54, 1.807) is 14.0 Å². The molecule has 1 rings (SSSR count). The monoisotopic (exact) mass is 252 g/mol. The van der Waals surface area contributed by atoms with Crippen molar-refractivity contribution < 1.29 is 14.3 Å². The second-order valence-corrected chi connectivity index (χ2v) is 4.02. The molecule has 5 nitrogen and oxygen atoms in total. The molecule has 1 aromatic carbocycles. The predicted octanol–water partition coefficient (Wildman–Crippen LogP) is 1.14. The van der Waals surface area contributed by atoms with Gasteiger partial charge in [-0.3, -0.25) is 4.79 Å². The number of carbonyl (C=O) groups excluding carboxylic acids is 1. The van der Waals surface area contributed by atoms with Gasteiger partial charge in [0.15, 0.2) is 0 Å². The van der Waals surface area contributed by atoms with Gasteiger partial charge in [-0.25, -0.2) is 0 Å². The molecule has 0 saturated carbocycles. The molecule has 0 saturated heterocycles. The van der Waals surface area contributed by atoms with Crippen molar-refractivity contribution in [3.8, 4) is 0 Å². The fourth-order valence-corrected chi connectivity index (χ4v) is 1.33. The fraction of sp³-hybridized carbons (Fsp3) is 0.462. The number of rotatable bonds is 7. The van der Waals surface area contributed by atoms with Crippen LogP contribution in [0.25, 0.3) is 0 Å². The number of methoxy groups -OCH3 is 1. The van der Waals surface area contributed by atoms with E-state index in [1.807, 2.05) is 24.3 Å². The third-order valence-electron chi connectivity index (χ3n) is 2.31. The number of nitrogens with one attached hydrogen (secondary N) is 1. The maximum atomic E-state index is 11.4. The third-order valence-corrected chi connectivity index (χ3v) is 2.31. The Labute approximate surface area is 107 Å². The summed E-state index contributed by atoms with van der Waals surface area (Å²) in [6.07, 6.45) is 0. The van der Waals surface area contributed by atoms with Crippen LogP contribution >= 0.6 is 0 Å². The molecule has 0 fully saturated rings. The number of amides is 1. The molecule has 0 radical (unpaired) electrons. The van der Waals surface area contributed by atoms with Crippen LogP contribution in [0, 0.1) is 0 Å². The van der Waals surface area contributed by atoms with Crippen molar-refractivity contribution in [3.05, 3.63) is 29.8 Å². The molecule has 1 atom stereocenters. The van der Waals surface area contributed by atoms with Crippen LogP contribution < -0.4 is 11.1 Å². The van der Waals surface area contributed by atoms with E-state index in [1.165, 1.54) is 0 Å². The van der Waals surface area contributed by atoms with Crippen molar-refractivity contribution in [3.63, 3.8) is 0 Å². The first-order valence-electron chi connectivity index (χ1n) is 5.85. The Morgan fingerprint density at radius 1 is 1.44 bits per heavy atom. The van der Waals surface area contributed by atoms with Crippen molar-refractivity contribution in [2.24, 2.45) is 5.73 Å². The topological polar surface area (TPSA) is 73.6 Å². The van der Waals surface area contributed by atoms with E-state index in [0.717, 1.165) is 11.3 Å². The van der Waals surface area contributed by atoms with Gasteiger partial charge in [0.1, 0.15) is 0 Å². The summed E-state index contributed by atoms with van der Waals surface area (Å²) in [6, 6.07) is 6.97. The Morgan fingerprint density at radius 3 is 2.89 bits per heavy atom. The molecule has 1 amide bonds. The first kappa shape index (κ1) is 14.6. The minimum absolute atomic E-state index is 0.201. The highest BCUT2D eigenvalue weighted by Crippen LogP contribution is 2.11. The van der Waals surface area contributed by atoms with Gasteiger partial charge in [0.05, 0.1) is 25.9 Å². The number of benzene rings is 1. The normalized spacial score (nSPS) is 12.2. The highest BCUT2D eigenvalue weighted by molar-refractivity contribution is 5.94. The van der Waals surface area contributed by atoms with Crippen LogP contribution in [0.1, 0.15) is 12.5 Å². The van der Waals surface area contributed by atoms with E-state index < -0.39 is 6.04 Å². The summed E-state index contributed by atoms with van der Waals surface area (Å²) < 4.78 is 10.3. The Balaban J connectivity index is 2.49. The van der Waals surface area contributed by atoms with Gasteiger partial charge in [-0.05, 0) is 24.6 Å². The molecule has 1 unspecified atom stereocenters. The zero-order chi connectivity index (χ0) is 13.4. The lowest BCUT2D eigenvalue weighted by atomic mass is 10.2. The quantitative estimate of drug-likeness (QED) is 0.714.